The molecule has 1 aliphatic heterocycles. The van der Waals surface area contributed by atoms with Crippen LogP contribution in [0.4, 0.5) is 28.0 Å². The van der Waals surface area contributed by atoms with E-state index >= 15 is 0 Å². The predicted molar refractivity (Wildman–Crippen MR) is 127 cm³/mol. The lowest BCUT2D eigenvalue weighted by Gasteiger charge is -2.37. The highest BCUT2D eigenvalue weighted by Gasteiger charge is 2.59. The fraction of sp³-hybridized carbons (Fsp3) is 0.240. The van der Waals surface area contributed by atoms with Crippen molar-refractivity contribution in [2.75, 3.05) is 18.6 Å². The maximum Gasteiger partial charge on any atom is 0.511 e. The number of amides is 1. The summed E-state index contributed by atoms with van der Waals surface area (Å²) in [6.45, 7) is 0.813. The maximum atomic E-state index is 14.5. The molecular weight excluding hydrogens is 536 g/mol. The van der Waals surface area contributed by atoms with E-state index in [2.05, 4.69) is 9.72 Å². The number of aliphatic hydroxyl groups is 1. The zero-order valence-corrected chi connectivity index (χ0v) is 20.5. The first-order chi connectivity index (χ1) is 17.7. The molecule has 0 aliphatic carbocycles. The van der Waals surface area contributed by atoms with Crippen molar-refractivity contribution in [3.63, 3.8) is 0 Å². The molecule has 1 aromatic heterocycles. The van der Waals surface area contributed by atoms with E-state index in [-0.39, 0.29) is 34.3 Å². The summed E-state index contributed by atoms with van der Waals surface area (Å²) in [4.78, 5) is 27.6. The van der Waals surface area contributed by atoms with Crippen molar-refractivity contribution in [2.24, 2.45) is 0 Å². The summed E-state index contributed by atoms with van der Waals surface area (Å²) in [6, 6.07) is 8.35. The van der Waals surface area contributed by atoms with Gasteiger partial charge in [-0.3, -0.25) is 4.79 Å². The number of pyridine rings is 1. The van der Waals surface area contributed by atoms with Crippen molar-refractivity contribution in [1.82, 2.24) is 4.98 Å². The third-order valence-electron chi connectivity index (χ3n) is 6.33. The normalized spacial score (nSPS) is 15.8. The zero-order valence-electron chi connectivity index (χ0n) is 19.7. The second-order valence-corrected chi connectivity index (χ2v) is 8.93. The number of carbonyl (C=O) groups excluding carboxylic acids is 1. The van der Waals surface area contributed by atoms with Crippen LogP contribution in [-0.2, 0) is 10.4 Å². The van der Waals surface area contributed by atoms with Gasteiger partial charge in [0.25, 0.3) is 5.91 Å². The van der Waals surface area contributed by atoms with Crippen molar-refractivity contribution in [2.45, 2.75) is 24.6 Å². The van der Waals surface area contributed by atoms with Gasteiger partial charge in [-0.05, 0) is 41.0 Å². The second kappa shape index (κ2) is 9.76. The lowest BCUT2D eigenvalue weighted by atomic mass is 9.78. The van der Waals surface area contributed by atoms with Crippen LogP contribution >= 0.6 is 11.6 Å². The summed E-state index contributed by atoms with van der Waals surface area (Å²) >= 11 is 6.35. The Labute approximate surface area is 218 Å². The van der Waals surface area contributed by atoms with E-state index in [0.29, 0.717) is 5.56 Å². The minimum Gasteiger partial charge on any atom is -0.466 e. The second-order valence-electron chi connectivity index (χ2n) is 8.52. The standard InChI is InChI=1S/C25H19ClF4N2O6/c1-12(16-5-3-13(7-17(16)26)14-4-6-20(18(27)8-14)38-23(34)35)24(36,25(28,29)30)15-9-19-22(31-10-15)37-11-21(33)32(19)2/h3-10,12,36H,11H2,1-2H3,(H,34,35). The molecule has 0 radical (unpaired) electrons. The Morgan fingerprint density at radius 2 is 1.84 bits per heavy atom. The summed E-state index contributed by atoms with van der Waals surface area (Å²) in [5, 5.41) is 19.7. The topological polar surface area (TPSA) is 109 Å². The average Bonchev–Trinajstić information content (AvgIpc) is 2.85. The van der Waals surface area contributed by atoms with E-state index in [1.807, 2.05) is 0 Å². The number of aromatic nitrogens is 1. The van der Waals surface area contributed by atoms with Crippen LogP contribution in [0.15, 0.2) is 48.7 Å². The van der Waals surface area contributed by atoms with Crippen LogP contribution in [0.25, 0.3) is 11.1 Å². The number of hydrogen-bond acceptors (Lipinski definition) is 6. The third kappa shape index (κ3) is 4.72. The first-order valence-electron chi connectivity index (χ1n) is 10.9. The van der Waals surface area contributed by atoms with Gasteiger partial charge in [-0.15, -0.1) is 0 Å². The van der Waals surface area contributed by atoms with E-state index in [4.69, 9.17) is 21.4 Å². The Hall–Kier alpha value is -3.90. The number of likely N-dealkylation sites (N-methyl/N-ethyl adjacent to an activating group) is 1. The molecule has 2 aromatic carbocycles. The molecular formula is C25H19ClF4N2O6. The molecule has 1 aliphatic rings. The molecule has 4 rings (SSSR count). The van der Waals surface area contributed by atoms with Gasteiger partial charge in [0, 0.05) is 29.7 Å². The molecule has 8 nitrogen and oxygen atoms in total. The Morgan fingerprint density at radius 3 is 2.45 bits per heavy atom. The van der Waals surface area contributed by atoms with E-state index < -0.39 is 46.9 Å². The van der Waals surface area contributed by atoms with Crippen LogP contribution < -0.4 is 14.4 Å². The fourth-order valence-corrected chi connectivity index (χ4v) is 4.51. The molecule has 2 N–H and O–H groups in total. The number of carbonyl (C=O) groups is 2. The fourth-order valence-electron chi connectivity index (χ4n) is 4.16. The SMILES string of the molecule is CC(c1ccc(-c2ccc(OC(=O)O)c(F)c2)cc1Cl)C(O)(c1cnc2c(c1)N(C)C(=O)CO2)C(F)(F)F. The van der Waals surface area contributed by atoms with Gasteiger partial charge in [0.2, 0.25) is 5.88 Å². The number of fused-ring (bicyclic) bond motifs is 1. The highest BCUT2D eigenvalue weighted by molar-refractivity contribution is 6.31. The molecule has 0 fully saturated rings. The van der Waals surface area contributed by atoms with Crippen LogP contribution in [0.1, 0.15) is 24.0 Å². The minimum absolute atomic E-state index is 0.0348. The Kier molecular flexibility index (Phi) is 6.97. The number of carboxylic acid groups (broad SMARTS) is 1. The highest BCUT2D eigenvalue weighted by atomic mass is 35.5. The van der Waals surface area contributed by atoms with Crippen molar-refractivity contribution in [3.05, 3.63) is 70.6 Å². The first-order valence-corrected chi connectivity index (χ1v) is 11.3. The van der Waals surface area contributed by atoms with Crippen LogP contribution in [0.5, 0.6) is 11.6 Å². The van der Waals surface area contributed by atoms with Gasteiger partial charge < -0.3 is 24.6 Å². The summed E-state index contributed by atoms with van der Waals surface area (Å²) < 4.78 is 67.1. The number of halogens is 5. The minimum atomic E-state index is -5.19. The summed E-state index contributed by atoms with van der Waals surface area (Å²) in [5.41, 5.74) is -3.64. The lowest BCUT2D eigenvalue weighted by Crippen LogP contribution is -2.47. The number of hydrogen-bond donors (Lipinski definition) is 2. The quantitative estimate of drug-likeness (QED) is 0.243. The molecule has 2 atom stereocenters. The molecule has 200 valence electrons. The zero-order chi connectivity index (χ0) is 28.0. The van der Waals surface area contributed by atoms with Gasteiger partial charge in [0.05, 0.1) is 0 Å². The molecule has 38 heavy (non-hydrogen) atoms. The number of ether oxygens (including phenoxy) is 2. The largest absolute Gasteiger partial charge is 0.511 e. The lowest BCUT2D eigenvalue weighted by molar-refractivity contribution is -0.274. The molecule has 0 saturated carbocycles. The molecule has 3 aromatic rings. The van der Waals surface area contributed by atoms with Gasteiger partial charge in [-0.2, -0.15) is 13.2 Å². The maximum absolute atomic E-state index is 14.5. The van der Waals surface area contributed by atoms with E-state index in [1.54, 1.807) is 0 Å². The average molecular weight is 555 g/mol. The van der Waals surface area contributed by atoms with Crippen LogP contribution in [0.3, 0.4) is 0 Å². The molecule has 2 unspecified atom stereocenters. The molecule has 0 bridgehead atoms. The third-order valence-corrected chi connectivity index (χ3v) is 6.66. The number of alkyl halides is 3. The summed E-state index contributed by atoms with van der Waals surface area (Å²) in [7, 11) is 1.35. The Morgan fingerprint density at radius 1 is 1.18 bits per heavy atom. The number of benzene rings is 2. The monoisotopic (exact) mass is 554 g/mol. The van der Waals surface area contributed by atoms with Gasteiger partial charge in [-0.1, -0.05) is 36.7 Å². The Balaban J connectivity index is 1.73. The molecule has 13 heteroatoms. The van der Waals surface area contributed by atoms with Crippen molar-refractivity contribution < 1.29 is 46.8 Å². The first kappa shape index (κ1) is 27.1. The van der Waals surface area contributed by atoms with E-state index in [1.165, 1.54) is 31.3 Å². The van der Waals surface area contributed by atoms with Crippen LogP contribution in [-0.4, -0.2) is 47.1 Å². The van der Waals surface area contributed by atoms with Crippen LogP contribution in [0, 0.1) is 5.82 Å². The molecule has 2 heterocycles. The molecule has 1 amide bonds. The molecule has 0 spiro atoms. The molecule has 0 saturated heterocycles. The predicted octanol–water partition coefficient (Wildman–Crippen LogP) is 5.51. The van der Waals surface area contributed by atoms with Crippen LogP contribution in [0.2, 0.25) is 5.02 Å². The number of rotatable bonds is 5. The smallest absolute Gasteiger partial charge is 0.466 e. The Bertz CT molecular complexity index is 1430. The van der Waals surface area contributed by atoms with E-state index in [9.17, 15) is 32.3 Å². The van der Waals surface area contributed by atoms with Gasteiger partial charge in [0.1, 0.15) is 5.69 Å². The van der Waals surface area contributed by atoms with Gasteiger partial charge >= 0.3 is 12.3 Å². The van der Waals surface area contributed by atoms with E-state index in [0.717, 1.165) is 36.2 Å². The van der Waals surface area contributed by atoms with Crippen molar-refractivity contribution in [1.29, 1.82) is 0 Å². The van der Waals surface area contributed by atoms with Gasteiger partial charge in [-0.25, -0.2) is 14.2 Å². The summed E-state index contributed by atoms with van der Waals surface area (Å²) in [6.07, 6.45) is -6.06. The van der Waals surface area contributed by atoms with Crippen molar-refractivity contribution >= 4 is 29.4 Å². The van der Waals surface area contributed by atoms with Crippen molar-refractivity contribution in [3.8, 4) is 22.8 Å². The highest BCUT2D eigenvalue weighted by Crippen LogP contribution is 2.51. The van der Waals surface area contributed by atoms with Gasteiger partial charge in [0.15, 0.2) is 23.8 Å². The summed E-state index contributed by atoms with van der Waals surface area (Å²) in [5.74, 6) is -3.71. The number of anilines is 1. The number of nitrogens with zero attached hydrogens (tertiary/aromatic N) is 2.